The van der Waals surface area contributed by atoms with E-state index in [2.05, 4.69) is 5.32 Å². The van der Waals surface area contributed by atoms with Crippen LogP contribution in [-0.4, -0.2) is 29.7 Å². The smallest absolute Gasteiger partial charge is 0.227 e. The van der Waals surface area contributed by atoms with Gasteiger partial charge in [-0.1, -0.05) is 13.8 Å². The largest absolute Gasteiger partial charge is 0.389 e. The highest BCUT2D eigenvalue weighted by Crippen LogP contribution is 2.24. The van der Waals surface area contributed by atoms with Gasteiger partial charge >= 0.3 is 0 Å². The number of nitrogens with two attached hydrogens (primary N) is 1. The molecule has 0 aromatic carbocycles. The Morgan fingerprint density at radius 2 is 1.80 bits per heavy atom. The van der Waals surface area contributed by atoms with E-state index in [1.165, 1.54) is 0 Å². The molecule has 0 aliphatic carbocycles. The van der Waals surface area contributed by atoms with Crippen LogP contribution in [0.2, 0.25) is 0 Å². The third kappa shape index (κ3) is 4.18. The summed E-state index contributed by atoms with van der Waals surface area (Å²) in [5.41, 5.74) is 4.29. The maximum Gasteiger partial charge on any atom is 0.227 e. The summed E-state index contributed by atoms with van der Waals surface area (Å²) in [5.74, 6) is -0.0582. The van der Waals surface area contributed by atoms with E-state index in [9.17, 15) is 9.90 Å². The van der Waals surface area contributed by atoms with Crippen LogP contribution in [0.25, 0.3) is 0 Å². The van der Waals surface area contributed by atoms with E-state index in [-0.39, 0.29) is 12.5 Å². The molecule has 0 aromatic heterocycles. The molecule has 0 unspecified atom stereocenters. The average molecular weight is 216 g/mol. The van der Waals surface area contributed by atoms with E-state index >= 15 is 0 Å². The van der Waals surface area contributed by atoms with Gasteiger partial charge in [0, 0.05) is 13.1 Å². The molecule has 0 aliphatic heterocycles. The SMILES string of the molecule is CCC(CC)(CN)C(=O)NCC(C)(C)O. The fourth-order valence-electron chi connectivity index (χ4n) is 1.44. The van der Waals surface area contributed by atoms with E-state index < -0.39 is 11.0 Å². The predicted octanol–water partition coefficient (Wildman–Crippen LogP) is 0.639. The zero-order chi connectivity index (χ0) is 12.1. The Bertz CT molecular complexity index is 197. The summed E-state index contributed by atoms with van der Waals surface area (Å²) in [5, 5.41) is 12.3. The van der Waals surface area contributed by atoms with Crippen LogP contribution < -0.4 is 11.1 Å². The predicted molar refractivity (Wildman–Crippen MR) is 61.4 cm³/mol. The lowest BCUT2D eigenvalue weighted by atomic mass is 9.81. The van der Waals surface area contributed by atoms with Gasteiger partial charge in [-0.05, 0) is 26.7 Å². The molecule has 0 rings (SSSR count). The average Bonchev–Trinajstić information content (AvgIpc) is 2.17. The van der Waals surface area contributed by atoms with Gasteiger partial charge in [-0.3, -0.25) is 4.79 Å². The van der Waals surface area contributed by atoms with Crippen molar-refractivity contribution in [3.8, 4) is 0 Å². The monoisotopic (exact) mass is 216 g/mol. The minimum atomic E-state index is -0.877. The minimum absolute atomic E-state index is 0.0582. The number of amides is 1. The number of rotatable bonds is 6. The topological polar surface area (TPSA) is 75.4 Å². The van der Waals surface area contributed by atoms with Gasteiger partial charge in [-0.15, -0.1) is 0 Å². The second-order valence-corrected chi connectivity index (χ2v) is 4.69. The summed E-state index contributed by atoms with van der Waals surface area (Å²) in [4.78, 5) is 11.9. The van der Waals surface area contributed by atoms with Gasteiger partial charge in [0.05, 0.1) is 11.0 Å². The molecule has 0 bridgehead atoms. The lowest BCUT2D eigenvalue weighted by molar-refractivity contribution is -0.132. The maximum atomic E-state index is 11.9. The fraction of sp³-hybridized carbons (Fsp3) is 0.909. The third-order valence-corrected chi connectivity index (χ3v) is 2.91. The first-order valence-corrected chi connectivity index (χ1v) is 5.52. The van der Waals surface area contributed by atoms with Crippen molar-refractivity contribution in [2.45, 2.75) is 46.1 Å². The highest BCUT2D eigenvalue weighted by molar-refractivity contribution is 5.82. The van der Waals surface area contributed by atoms with E-state index in [4.69, 9.17) is 5.73 Å². The molecule has 15 heavy (non-hydrogen) atoms. The lowest BCUT2D eigenvalue weighted by Gasteiger charge is -2.30. The molecule has 4 N–H and O–H groups in total. The normalized spacial score (nSPS) is 12.7. The second kappa shape index (κ2) is 5.47. The van der Waals surface area contributed by atoms with Gasteiger partial charge in [-0.25, -0.2) is 0 Å². The highest BCUT2D eigenvalue weighted by atomic mass is 16.3. The molecule has 0 atom stereocenters. The Morgan fingerprint density at radius 3 is 2.07 bits per heavy atom. The first-order valence-electron chi connectivity index (χ1n) is 5.52. The van der Waals surface area contributed by atoms with Crippen LogP contribution in [0.3, 0.4) is 0 Å². The van der Waals surface area contributed by atoms with Crippen LogP contribution in [0.15, 0.2) is 0 Å². The summed E-state index contributed by atoms with van der Waals surface area (Å²) in [7, 11) is 0. The van der Waals surface area contributed by atoms with E-state index in [1.807, 2.05) is 13.8 Å². The number of carbonyl (C=O) groups is 1. The molecule has 0 radical (unpaired) electrons. The molecule has 0 saturated heterocycles. The standard InChI is InChI=1S/C11H24N2O2/c1-5-11(6-2,7-12)9(14)13-8-10(3,4)15/h15H,5-8,12H2,1-4H3,(H,13,14). The van der Waals surface area contributed by atoms with Crippen LogP contribution >= 0.6 is 0 Å². The lowest BCUT2D eigenvalue weighted by Crippen LogP contribution is -2.49. The molecule has 0 aromatic rings. The summed E-state index contributed by atoms with van der Waals surface area (Å²) < 4.78 is 0. The Labute approximate surface area is 92.2 Å². The Hall–Kier alpha value is -0.610. The van der Waals surface area contributed by atoms with Crippen LogP contribution in [-0.2, 0) is 4.79 Å². The van der Waals surface area contributed by atoms with Crippen LogP contribution in [0.4, 0.5) is 0 Å². The highest BCUT2D eigenvalue weighted by Gasteiger charge is 2.33. The van der Waals surface area contributed by atoms with Crippen molar-refractivity contribution in [1.29, 1.82) is 0 Å². The van der Waals surface area contributed by atoms with Crippen molar-refractivity contribution < 1.29 is 9.90 Å². The number of carbonyl (C=O) groups excluding carboxylic acids is 1. The van der Waals surface area contributed by atoms with Crippen molar-refractivity contribution in [3.63, 3.8) is 0 Å². The molecule has 0 aliphatic rings. The minimum Gasteiger partial charge on any atom is -0.389 e. The van der Waals surface area contributed by atoms with Crippen molar-refractivity contribution in [3.05, 3.63) is 0 Å². The summed E-state index contributed by atoms with van der Waals surface area (Å²) in [6, 6.07) is 0. The summed E-state index contributed by atoms with van der Waals surface area (Å²) in [6.45, 7) is 7.84. The van der Waals surface area contributed by atoms with Crippen molar-refractivity contribution in [2.75, 3.05) is 13.1 Å². The number of hydrogen-bond donors (Lipinski definition) is 3. The van der Waals surface area contributed by atoms with Gasteiger partial charge in [0.2, 0.25) is 5.91 Å². The fourth-order valence-corrected chi connectivity index (χ4v) is 1.44. The molecule has 0 heterocycles. The molecule has 4 nitrogen and oxygen atoms in total. The van der Waals surface area contributed by atoms with Gasteiger partial charge in [0.15, 0.2) is 0 Å². The van der Waals surface area contributed by atoms with Gasteiger partial charge in [0.1, 0.15) is 0 Å². The zero-order valence-corrected chi connectivity index (χ0v) is 10.3. The molecule has 0 fully saturated rings. The van der Waals surface area contributed by atoms with Crippen molar-refractivity contribution in [2.24, 2.45) is 11.1 Å². The molecule has 0 saturated carbocycles. The summed E-state index contributed by atoms with van der Waals surface area (Å²) in [6.07, 6.45) is 1.44. The molecule has 90 valence electrons. The quantitative estimate of drug-likeness (QED) is 0.610. The van der Waals surface area contributed by atoms with Gasteiger partial charge in [0.25, 0.3) is 0 Å². The molecular weight excluding hydrogens is 192 g/mol. The molecule has 4 heteroatoms. The van der Waals surface area contributed by atoms with E-state index in [1.54, 1.807) is 13.8 Å². The van der Waals surface area contributed by atoms with Crippen molar-refractivity contribution in [1.82, 2.24) is 5.32 Å². The maximum absolute atomic E-state index is 11.9. The zero-order valence-electron chi connectivity index (χ0n) is 10.3. The van der Waals surface area contributed by atoms with Crippen LogP contribution in [0.1, 0.15) is 40.5 Å². The Balaban J connectivity index is 4.40. The molecule has 0 spiro atoms. The van der Waals surface area contributed by atoms with Crippen molar-refractivity contribution >= 4 is 5.91 Å². The van der Waals surface area contributed by atoms with Crippen LogP contribution in [0, 0.1) is 5.41 Å². The number of hydrogen-bond acceptors (Lipinski definition) is 3. The first-order chi connectivity index (χ1) is 6.81. The van der Waals surface area contributed by atoms with Gasteiger partial charge < -0.3 is 16.2 Å². The Morgan fingerprint density at radius 1 is 1.33 bits per heavy atom. The van der Waals surface area contributed by atoms with E-state index in [0.29, 0.717) is 6.54 Å². The van der Waals surface area contributed by atoms with E-state index in [0.717, 1.165) is 12.8 Å². The second-order valence-electron chi connectivity index (χ2n) is 4.69. The number of nitrogens with one attached hydrogen (secondary N) is 1. The third-order valence-electron chi connectivity index (χ3n) is 2.91. The Kier molecular flexibility index (Phi) is 5.24. The summed E-state index contributed by atoms with van der Waals surface area (Å²) >= 11 is 0. The van der Waals surface area contributed by atoms with Gasteiger partial charge in [-0.2, -0.15) is 0 Å². The molecular formula is C11H24N2O2. The number of aliphatic hydroxyl groups is 1. The van der Waals surface area contributed by atoms with Crippen LogP contribution in [0.5, 0.6) is 0 Å². The first kappa shape index (κ1) is 14.4. The molecule has 1 amide bonds.